The van der Waals surface area contributed by atoms with Crippen molar-refractivity contribution in [3.8, 4) is 5.75 Å². The number of nitrogens with zero attached hydrogens (tertiary/aromatic N) is 1. The predicted molar refractivity (Wildman–Crippen MR) is 72.3 cm³/mol. The van der Waals surface area contributed by atoms with E-state index in [0.717, 1.165) is 11.3 Å². The average Bonchev–Trinajstić information content (AvgIpc) is 2.40. The summed E-state index contributed by atoms with van der Waals surface area (Å²) in [5.41, 5.74) is 2.48. The van der Waals surface area contributed by atoms with Gasteiger partial charge < -0.3 is 10.4 Å². The summed E-state index contributed by atoms with van der Waals surface area (Å²) in [6, 6.07) is 9.84. The second-order valence-electron chi connectivity index (χ2n) is 4.57. The molecule has 2 aromatic rings. The minimum absolute atomic E-state index is 0.0577. The van der Waals surface area contributed by atoms with Crippen LogP contribution in [-0.2, 0) is 6.54 Å². The third-order valence-electron chi connectivity index (χ3n) is 3.04. The first-order valence-corrected chi connectivity index (χ1v) is 6.20. The first-order chi connectivity index (χ1) is 9.06. The van der Waals surface area contributed by atoms with E-state index in [1.54, 1.807) is 24.3 Å². The second-order valence-corrected chi connectivity index (χ2v) is 4.57. The molecule has 0 fully saturated rings. The van der Waals surface area contributed by atoms with Crippen LogP contribution in [0.1, 0.15) is 29.9 Å². The molecule has 100 valence electrons. The van der Waals surface area contributed by atoms with Gasteiger partial charge in [0.2, 0.25) is 0 Å². The van der Waals surface area contributed by atoms with Crippen LogP contribution in [0.3, 0.4) is 0 Å². The van der Waals surface area contributed by atoms with E-state index >= 15 is 0 Å². The van der Waals surface area contributed by atoms with Crippen LogP contribution in [0.5, 0.6) is 5.75 Å². The maximum atomic E-state index is 12.8. The van der Waals surface area contributed by atoms with Crippen molar-refractivity contribution < 1.29 is 9.50 Å². The quantitative estimate of drug-likeness (QED) is 0.888. The third-order valence-corrected chi connectivity index (χ3v) is 3.04. The van der Waals surface area contributed by atoms with Crippen LogP contribution in [0.2, 0.25) is 0 Å². The molecule has 1 aromatic carbocycles. The molecule has 3 nitrogen and oxygen atoms in total. The molecule has 0 saturated heterocycles. The van der Waals surface area contributed by atoms with Gasteiger partial charge in [0.05, 0.1) is 5.69 Å². The Labute approximate surface area is 112 Å². The molecule has 0 spiro atoms. The number of nitrogens with one attached hydrogen (secondary N) is 1. The maximum Gasteiger partial charge on any atom is 0.138 e. The Morgan fingerprint density at radius 2 is 1.89 bits per heavy atom. The molecule has 0 bridgehead atoms. The molecule has 0 unspecified atom stereocenters. The fourth-order valence-corrected chi connectivity index (χ4v) is 1.85. The topological polar surface area (TPSA) is 45.1 Å². The largest absolute Gasteiger partial charge is 0.506 e. The number of pyridine rings is 1. The Kier molecular flexibility index (Phi) is 4.12. The van der Waals surface area contributed by atoms with Gasteiger partial charge in [-0.25, -0.2) is 4.39 Å². The molecule has 0 aliphatic rings. The number of aromatic nitrogens is 1. The zero-order chi connectivity index (χ0) is 13.8. The molecule has 0 amide bonds. The molecule has 2 N–H and O–H groups in total. The van der Waals surface area contributed by atoms with Gasteiger partial charge in [-0.15, -0.1) is 0 Å². The Bertz CT molecular complexity index is 555. The van der Waals surface area contributed by atoms with Gasteiger partial charge in [0, 0.05) is 18.3 Å². The molecular formula is C15H17FN2O. The van der Waals surface area contributed by atoms with Crippen molar-refractivity contribution in [3.63, 3.8) is 0 Å². The van der Waals surface area contributed by atoms with E-state index < -0.39 is 0 Å². The minimum atomic E-state index is -0.242. The Morgan fingerprint density at radius 1 is 1.21 bits per heavy atom. The minimum Gasteiger partial charge on any atom is -0.506 e. The van der Waals surface area contributed by atoms with Gasteiger partial charge in [-0.05, 0) is 43.7 Å². The van der Waals surface area contributed by atoms with Crippen LogP contribution in [0.4, 0.5) is 4.39 Å². The van der Waals surface area contributed by atoms with Crippen LogP contribution in [0, 0.1) is 12.7 Å². The van der Waals surface area contributed by atoms with E-state index in [1.807, 2.05) is 13.8 Å². The van der Waals surface area contributed by atoms with E-state index in [-0.39, 0.29) is 17.6 Å². The molecule has 0 aliphatic carbocycles. The summed E-state index contributed by atoms with van der Waals surface area (Å²) >= 11 is 0. The Morgan fingerprint density at radius 3 is 2.58 bits per heavy atom. The maximum absolute atomic E-state index is 12.8. The van der Waals surface area contributed by atoms with Gasteiger partial charge in [0.25, 0.3) is 0 Å². The van der Waals surface area contributed by atoms with E-state index in [1.165, 1.54) is 12.1 Å². The van der Waals surface area contributed by atoms with Gasteiger partial charge >= 0.3 is 0 Å². The highest BCUT2D eigenvalue weighted by Crippen LogP contribution is 2.17. The highest BCUT2D eigenvalue weighted by atomic mass is 19.1. The number of hydrogen-bond donors (Lipinski definition) is 2. The summed E-state index contributed by atoms with van der Waals surface area (Å²) in [6.45, 7) is 4.33. The van der Waals surface area contributed by atoms with Crippen molar-refractivity contribution in [1.29, 1.82) is 0 Å². The second kappa shape index (κ2) is 5.80. The highest BCUT2D eigenvalue weighted by Gasteiger charge is 2.08. The molecule has 19 heavy (non-hydrogen) atoms. The van der Waals surface area contributed by atoms with Gasteiger partial charge in [0.1, 0.15) is 11.6 Å². The summed E-state index contributed by atoms with van der Waals surface area (Å²) in [6.07, 6.45) is 0. The van der Waals surface area contributed by atoms with Crippen LogP contribution in [-0.4, -0.2) is 10.1 Å². The predicted octanol–water partition coefficient (Wildman–Crippen LogP) is 3.09. The van der Waals surface area contributed by atoms with Gasteiger partial charge in [0.15, 0.2) is 0 Å². The molecular weight excluding hydrogens is 243 g/mol. The number of hydrogen-bond acceptors (Lipinski definition) is 3. The van der Waals surface area contributed by atoms with E-state index in [9.17, 15) is 9.50 Å². The molecule has 0 saturated carbocycles. The number of aryl methyl sites for hydroxylation is 1. The number of rotatable bonds is 4. The number of benzene rings is 1. The van der Waals surface area contributed by atoms with Crippen LogP contribution >= 0.6 is 0 Å². The summed E-state index contributed by atoms with van der Waals surface area (Å²) in [5.74, 6) is -0.0571. The highest BCUT2D eigenvalue weighted by molar-refractivity contribution is 5.28. The van der Waals surface area contributed by atoms with E-state index in [0.29, 0.717) is 12.2 Å². The standard InChI is InChI=1S/C15H17FN2O/c1-10-3-8-15(19)14(18-10)9-17-11(2)12-4-6-13(16)7-5-12/h3-8,11,17,19H,9H2,1-2H3/t11-/m0/s1. The lowest BCUT2D eigenvalue weighted by atomic mass is 10.1. The van der Waals surface area contributed by atoms with Crippen molar-refractivity contribution in [2.24, 2.45) is 0 Å². The molecule has 1 heterocycles. The Balaban J connectivity index is 2.02. The normalized spacial score (nSPS) is 12.4. The SMILES string of the molecule is Cc1ccc(O)c(CN[C@@H](C)c2ccc(F)cc2)n1. The zero-order valence-corrected chi connectivity index (χ0v) is 11.0. The first kappa shape index (κ1) is 13.5. The molecule has 0 aliphatic heterocycles. The van der Waals surface area contributed by atoms with Crippen LogP contribution in [0.15, 0.2) is 36.4 Å². The third kappa shape index (κ3) is 3.51. The molecule has 2 rings (SSSR count). The zero-order valence-electron chi connectivity index (χ0n) is 11.0. The molecule has 1 aromatic heterocycles. The lowest BCUT2D eigenvalue weighted by molar-refractivity contribution is 0.454. The fourth-order valence-electron chi connectivity index (χ4n) is 1.85. The van der Waals surface area contributed by atoms with E-state index in [2.05, 4.69) is 10.3 Å². The van der Waals surface area contributed by atoms with Gasteiger partial charge in [-0.3, -0.25) is 4.98 Å². The van der Waals surface area contributed by atoms with E-state index in [4.69, 9.17) is 0 Å². The van der Waals surface area contributed by atoms with Crippen molar-refractivity contribution >= 4 is 0 Å². The van der Waals surface area contributed by atoms with Crippen molar-refractivity contribution in [3.05, 3.63) is 59.2 Å². The first-order valence-electron chi connectivity index (χ1n) is 6.20. The van der Waals surface area contributed by atoms with Crippen LogP contribution < -0.4 is 5.32 Å². The smallest absolute Gasteiger partial charge is 0.138 e. The summed E-state index contributed by atoms with van der Waals surface area (Å²) < 4.78 is 12.8. The monoisotopic (exact) mass is 260 g/mol. The van der Waals surface area contributed by atoms with Crippen LogP contribution in [0.25, 0.3) is 0 Å². The lowest BCUT2D eigenvalue weighted by Gasteiger charge is -2.14. The Hall–Kier alpha value is -1.94. The summed E-state index contributed by atoms with van der Waals surface area (Å²) in [7, 11) is 0. The average molecular weight is 260 g/mol. The summed E-state index contributed by atoms with van der Waals surface area (Å²) in [5, 5.41) is 13.0. The van der Waals surface area contributed by atoms with Gasteiger partial charge in [-0.1, -0.05) is 12.1 Å². The summed E-state index contributed by atoms with van der Waals surface area (Å²) in [4.78, 5) is 4.28. The number of aromatic hydroxyl groups is 1. The number of halogens is 1. The molecule has 0 radical (unpaired) electrons. The van der Waals surface area contributed by atoms with Gasteiger partial charge in [-0.2, -0.15) is 0 Å². The fraction of sp³-hybridized carbons (Fsp3) is 0.267. The van der Waals surface area contributed by atoms with Crippen molar-refractivity contribution in [2.75, 3.05) is 0 Å². The molecule has 4 heteroatoms. The van der Waals surface area contributed by atoms with Crippen molar-refractivity contribution in [1.82, 2.24) is 10.3 Å². The van der Waals surface area contributed by atoms with Crippen molar-refractivity contribution in [2.45, 2.75) is 26.4 Å². The lowest BCUT2D eigenvalue weighted by Crippen LogP contribution is -2.19. The molecule has 1 atom stereocenters.